The number of phenolic OH excluding ortho intramolecular Hbond substituents is 2. The second-order valence-electron chi connectivity index (χ2n) is 5.20. The second kappa shape index (κ2) is 5.44. The molecule has 0 aliphatic rings. The van der Waals surface area contributed by atoms with Gasteiger partial charge in [0, 0.05) is 18.1 Å². The zero-order valence-corrected chi connectivity index (χ0v) is 11.7. The van der Waals surface area contributed by atoms with Gasteiger partial charge in [-0.25, -0.2) is 0 Å². The number of nitrogens with zero attached hydrogens (tertiary/aromatic N) is 1. The van der Waals surface area contributed by atoms with E-state index in [9.17, 15) is 15.0 Å². The third-order valence-corrected chi connectivity index (χ3v) is 3.56. The highest BCUT2D eigenvalue weighted by Crippen LogP contribution is 2.30. The molecule has 5 nitrogen and oxygen atoms in total. The molecule has 0 fully saturated rings. The summed E-state index contributed by atoms with van der Waals surface area (Å²) in [6, 6.07) is 11.9. The predicted octanol–water partition coefficient (Wildman–Crippen LogP) is 2.73. The molecule has 3 N–H and O–H groups in total. The maximum absolute atomic E-state index is 11.0. The van der Waals surface area contributed by atoms with Gasteiger partial charge in [0.2, 0.25) is 0 Å². The van der Waals surface area contributed by atoms with Gasteiger partial charge in [0.1, 0.15) is 11.5 Å². The summed E-state index contributed by atoms with van der Waals surface area (Å²) >= 11 is 0. The first-order chi connectivity index (χ1) is 10.5. The standard InChI is InChI=1S/C17H15NO4/c19-13-4-1-3-11(7-13)9-18-10-12(8-16(21)22)14-5-2-6-15(20)17(14)18/h1-7,10,19-20H,8-9H2,(H,21,22). The quantitative estimate of drug-likeness (QED) is 0.691. The maximum atomic E-state index is 11.0. The van der Waals surface area contributed by atoms with Crippen LogP contribution in [0.15, 0.2) is 48.7 Å². The zero-order valence-electron chi connectivity index (χ0n) is 11.7. The van der Waals surface area contributed by atoms with Gasteiger partial charge in [-0.2, -0.15) is 0 Å². The summed E-state index contributed by atoms with van der Waals surface area (Å²) < 4.78 is 1.80. The van der Waals surface area contributed by atoms with Crippen LogP contribution in [0.4, 0.5) is 0 Å². The van der Waals surface area contributed by atoms with E-state index in [0.717, 1.165) is 10.9 Å². The molecule has 0 aliphatic carbocycles. The molecule has 0 aliphatic heterocycles. The number of carboxylic acid groups (broad SMARTS) is 1. The Morgan fingerprint density at radius 1 is 1.09 bits per heavy atom. The molecule has 3 rings (SSSR count). The lowest BCUT2D eigenvalue weighted by atomic mass is 10.1. The van der Waals surface area contributed by atoms with E-state index in [2.05, 4.69) is 0 Å². The van der Waals surface area contributed by atoms with E-state index in [1.54, 1.807) is 47.2 Å². The van der Waals surface area contributed by atoms with E-state index < -0.39 is 5.97 Å². The number of carbonyl (C=O) groups is 1. The van der Waals surface area contributed by atoms with Gasteiger partial charge in [0.25, 0.3) is 0 Å². The lowest BCUT2D eigenvalue weighted by Crippen LogP contribution is -2.00. The second-order valence-corrected chi connectivity index (χ2v) is 5.20. The molecule has 1 aromatic heterocycles. The fraction of sp³-hybridized carbons (Fsp3) is 0.118. The summed E-state index contributed by atoms with van der Waals surface area (Å²) in [5.74, 6) is -0.641. The van der Waals surface area contributed by atoms with Crippen LogP contribution in [0.2, 0.25) is 0 Å². The van der Waals surface area contributed by atoms with Crippen LogP contribution < -0.4 is 0 Å². The van der Waals surface area contributed by atoms with Crippen molar-refractivity contribution in [1.82, 2.24) is 4.57 Å². The SMILES string of the molecule is O=C(O)Cc1cn(Cc2cccc(O)c2)c2c(O)cccc12. The molecular weight excluding hydrogens is 282 g/mol. The predicted molar refractivity (Wildman–Crippen MR) is 82.2 cm³/mol. The number of aromatic hydroxyl groups is 2. The largest absolute Gasteiger partial charge is 0.508 e. The molecule has 0 saturated heterocycles. The number of aromatic nitrogens is 1. The molecule has 3 aromatic rings. The minimum Gasteiger partial charge on any atom is -0.508 e. The van der Waals surface area contributed by atoms with Crippen molar-refractivity contribution in [3.8, 4) is 11.5 Å². The number of carboxylic acids is 1. The zero-order chi connectivity index (χ0) is 15.7. The fourth-order valence-corrected chi connectivity index (χ4v) is 2.69. The van der Waals surface area contributed by atoms with Crippen LogP contribution >= 0.6 is 0 Å². The third kappa shape index (κ3) is 2.61. The van der Waals surface area contributed by atoms with Crippen molar-refractivity contribution in [1.29, 1.82) is 0 Å². The van der Waals surface area contributed by atoms with Crippen molar-refractivity contribution in [2.45, 2.75) is 13.0 Å². The monoisotopic (exact) mass is 297 g/mol. The molecule has 0 amide bonds. The highest BCUT2D eigenvalue weighted by molar-refractivity contribution is 5.91. The number of rotatable bonds is 4. The van der Waals surface area contributed by atoms with Crippen molar-refractivity contribution >= 4 is 16.9 Å². The van der Waals surface area contributed by atoms with Gasteiger partial charge in [0.15, 0.2) is 0 Å². The van der Waals surface area contributed by atoms with Crippen molar-refractivity contribution in [2.24, 2.45) is 0 Å². The highest BCUT2D eigenvalue weighted by atomic mass is 16.4. The van der Waals surface area contributed by atoms with Crippen LogP contribution in [0.25, 0.3) is 10.9 Å². The molecule has 2 aromatic carbocycles. The van der Waals surface area contributed by atoms with Crippen LogP contribution in [0.3, 0.4) is 0 Å². The van der Waals surface area contributed by atoms with Crippen LogP contribution in [-0.2, 0) is 17.8 Å². The summed E-state index contributed by atoms with van der Waals surface area (Å²) in [5.41, 5.74) is 2.11. The van der Waals surface area contributed by atoms with E-state index in [1.807, 2.05) is 6.07 Å². The van der Waals surface area contributed by atoms with Crippen molar-refractivity contribution < 1.29 is 20.1 Å². The Morgan fingerprint density at radius 2 is 1.86 bits per heavy atom. The third-order valence-electron chi connectivity index (χ3n) is 3.56. The molecule has 0 saturated carbocycles. The van der Waals surface area contributed by atoms with Gasteiger partial charge in [-0.05, 0) is 29.3 Å². The maximum Gasteiger partial charge on any atom is 0.307 e. The summed E-state index contributed by atoms with van der Waals surface area (Å²) in [7, 11) is 0. The molecule has 5 heteroatoms. The molecule has 0 bridgehead atoms. The molecule has 0 radical (unpaired) electrons. The van der Waals surface area contributed by atoms with Crippen LogP contribution in [-0.4, -0.2) is 25.9 Å². The first kappa shape index (κ1) is 14.0. The Kier molecular flexibility index (Phi) is 3.47. The van der Waals surface area contributed by atoms with Crippen molar-refractivity contribution in [3.05, 3.63) is 59.8 Å². The molecule has 0 atom stereocenters. The average Bonchev–Trinajstić information content (AvgIpc) is 2.77. The summed E-state index contributed by atoms with van der Waals surface area (Å²) in [4.78, 5) is 11.0. The summed E-state index contributed by atoms with van der Waals surface area (Å²) in [5, 5.41) is 29.4. The van der Waals surface area contributed by atoms with E-state index in [1.165, 1.54) is 0 Å². The molecule has 1 heterocycles. The Balaban J connectivity index is 2.10. The smallest absolute Gasteiger partial charge is 0.307 e. The number of fused-ring (bicyclic) bond motifs is 1. The molecule has 0 spiro atoms. The van der Waals surface area contributed by atoms with E-state index in [4.69, 9.17) is 5.11 Å². The number of hydrogen-bond donors (Lipinski definition) is 3. The van der Waals surface area contributed by atoms with Crippen LogP contribution in [0.1, 0.15) is 11.1 Å². The minimum atomic E-state index is -0.917. The molecular formula is C17H15NO4. The van der Waals surface area contributed by atoms with Gasteiger partial charge >= 0.3 is 5.97 Å². The Bertz CT molecular complexity index is 851. The van der Waals surface area contributed by atoms with Crippen molar-refractivity contribution in [3.63, 3.8) is 0 Å². The van der Waals surface area contributed by atoms with Crippen LogP contribution in [0.5, 0.6) is 11.5 Å². The van der Waals surface area contributed by atoms with E-state index in [0.29, 0.717) is 17.6 Å². The van der Waals surface area contributed by atoms with Gasteiger partial charge in [-0.1, -0.05) is 24.3 Å². The number of benzene rings is 2. The highest BCUT2D eigenvalue weighted by Gasteiger charge is 2.14. The van der Waals surface area contributed by atoms with Gasteiger partial charge in [0.05, 0.1) is 11.9 Å². The lowest BCUT2D eigenvalue weighted by Gasteiger charge is -2.07. The summed E-state index contributed by atoms with van der Waals surface area (Å²) in [6.07, 6.45) is 1.63. The number of para-hydroxylation sites is 1. The topological polar surface area (TPSA) is 82.7 Å². The van der Waals surface area contributed by atoms with E-state index in [-0.39, 0.29) is 17.9 Å². The number of aliphatic carboxylic acids is 1. The van der Waals surface area contributed by atoms with Gasteiger partial charge in [-0.15, -0.1) is 0 Å². The molecule has 0 unspecified atom stereocenters. The molecule has 22 heavy (non-hydrogen) atoms. The van der Waals surface area contributed by atoms with E-state index >= 15 is 0 Å². The Labute approximate surface area is 126 Å². The fourth-order valence-electron chi connectivity index (χ4n) is 2.69. The lowest BCUT2D eigenvalue weighted by molar-refractivity contribution is -0.136. The normalized spacial score (nSPS) is 10.9. The Morgan fingerprint density at radius 3 is 2.59 bits per heavy atom. The Hall–Kier alpha value is -2.95. The molecule has 112 valence electrons. The average molecular weight is 297 g/mol. The minimum absolute atomic E-state index is 0.104. The number of phenols is 2. The first-order valence-electron chi connectivity index (χ1n) is 6.84. The first-order valence-corrected chi connectivity index (χ1v) is 6.84. The van der Waals surface area contributed by atoms with Gasteiger partial charge < -0.3 is 19.9 Å². The number of hydrogen-bond acceptors (Lipinski definition) is 3. The van der Waals surface area contributed by atoms with Crippen molar-refractivity contribution in [2.75, 3.05) is 0 Å². The van der Waals surface area contributed by atoms with Crippen LogP contribution in [0, 0.1) is 0 Å². The summed E-state index contributed by atoms with van der Waals surface area (Å²) in [6.45, 7) is 0.433. The van der Waals surface area contributed by atoms with Gasteiger partial charge in [-0.3, -0.25) is 4.79 Å².